The van der Waals surface area contributed by atoms with Crippen molar-refractivity contribution >= 4 is 53.8 Å². The average Bonchev–Trinajstić information content (AvgIpc) is 2.00. The first-order chi connectivity index (χ1) is 6.42. The quantitative estimate of drug-likeness (QED) is 0.315. The zero-order valence-corrected chi connectivity index (χ0v) is 12.0. The molecule has 15 heavy (non-hydrogen) atoms. The van der Waals surface area contributed by atoms with E-state index in [0.29, 0.717) is 19.4 Å². The van der Waals surface area contributed by atoms with Gasteiger partial charge in [-0.25, -0.2) is 0 Å². The molecule has 0 heterocycles. The topological polar surface area (TPSA) is 80.7 Å². The van der Waals surface area contributed by atoms with Gasteiger partial charge in [-0.05, 0) is 12.8 Å². The van der Waals surface area contributed by atoms with E-state index in [1.165, 1.54) is 6.92 Å². The molecular formula is C8H16CaO5S. The van der Waals surface area contributed by atoms with Gasteiger partial charge in [0.1, 0.15) is 0 Å². The van der Waals surface area contributed by atoms with Crippen molar-refractivity contribution in [3.8, 4) is 0 Å². The van der Waals surface area contributed by atoms with Gasteiger partial charge in [0, 0.05) is 44.7 Å². The van der Waals surface area contributed by atoms with Crippen LogP contribution in [0.4, 0.5) is 0 Å². The number of carbonyl (C=O) groups is 1. The molecule has 0 saturated carbocycles. The Balaban J connectivity index is 0. The Labute approximate surface area is 120 Å². The van der Waals surface area contributed by atoms with Crippen molar-refractivity contribution in [2.24, 2.45) is 0 Å². The van der Waals surface area contributed by atoms with Crippen molar-refractivity contribution in [1.82, 2.24) is 0 Å². The third kappa shape index (κ3) is 17.3. The van der Waals surface area contributed by atoms with Gasteiger partial charge in [0.25, 0.3) is 10.1 Å². The Kier molecular flexibility index (Phi) is 11.8. The summed E-state index contributed by atoms with van der Waals surface area (Å²) in [7, 11) is -3.82. The maximum absolute atomic E-state index is 10.3. The van der Waals surface area contributed by atoms with Gasteiger partial charge in [-0.1, -0.05) is 12.8 Å². The Morgan fingerprint density at radius 3 is 2.20 bits per heavy atom. The number of rotatable bonds is 7. The number of unbranched alkanes of at least 4 members (excludes halogenated alkanes) is 3. The van der Waals surface area contributed by atoms with Gasteiger partial charge in [-0.3, -0.25) is 9.35 Å². The molecule has 0 aliphatic heterocycles. The van der Waals surface area contributed by atoms with Crippen LogP contribution < -0.4 is 0 Å². The van der Waals surface area contributed by atoms with E-state index in [-0.39, 0.29) is 49.5 Å². The SMILES string of the molecule is CC(=O)OCCCCCCS(=O)(=O)O.[Ca]. The van der Waals surface area contributed by atoms with Gasteiger partial charge in [0.05, 0.1) is 12.4 Å². The summed E-state index contributed by atoms with van der Waals surface area (Å²) in [6.45, 7) is 1.72. The van der Waals surface area contributed by atoms with Crippen LogP contribution in [0.15, 0.2) is 0 Å². The average molecular weight is 264 g/mol. The molecule has 7 heteroatoms. The van der Waals surface area contributed by atoms with Crippen LogP contribution in [0.5, 0.6) is 0 Å². The third-order valence-electron chi connectivity index (χ3n) is 1.60. The zero-order chi connectivity index (χ0) is 11.0. The van der Waals surface area contributed by atoms with Crippen LogP contribution in [-0.4, -0.2) is 69.0 Å². The van der Waals surface area contributed by atoms with Crippen molar-refractivity contribution in [3.05, 3.63) is 0 Å². The summed E-state index contributed by atoms with van der Waals surface area (Å²) in [4.78, 5) is 10.3. The Morgan fingerprint density at radius 2 is 1.73 bits per heavy atom. The van der Waals surface area contributed by atoms with Crippen LogP contribution in [0.25, 0.3) is 0 Å². The van der Waals surface area contributed by atoms with Gasteiger partial charge in [0.2, 0.25) is 0 Å². The molecule has 86 valence electrons. The fraction of sp³-hybridized carbons (Fsp3) is 0.875. The first kappa shape index (κ1) is 18.0. The number of hydrogen-bond acceptors (Lipinski definition) is 4. The molecule has 0 unspecified atom stereocenters. The van der Waals surface area contributed by atoms with Crippen LogP contribution >= 0.6 is 0 Å². The standard InChI is InChI=1S/C8H16O5S.Ca/c1-8(9)13-6-4-2-3-5-7-14(10,11)12;/h2-7H2,1H3,(H,10,11,12);. The minimum atomic E-state index is -3.82. The number of hydrogen-bond donors (Lipinski definition) is 1. The monoisotopic (exact) mass is 264 g/mol. The molecule has 0 atom stereocenters. The molecular weight excluding hydrogens is 248 g/mol. The molecule has 5 nitrogen and oxygen atoms in total. The molecule has 0 aliphatic rings. The molecule has 0 bridgehead atoms. The van der Waals surface area contributed by atoms with E-state index in [2.05, 4.69) is 4.74 Å². The predicted molar refractivity (Wildman–Crippen MR) is 57.3 cm³/mol. The van der Waals surface area contributed by atoms with Crippen molar-refractivity contribution in [3.63, 3.8) is 0 Å². The van der Waals surface area contributed by atoms with Crippen molar-refractivity contribution in [2.45, 2.75) is 32.6 Å². The Bertz CT molecular complexity index is 262. The van der Waals surface area contributed by atoms with E-state index in [1.54, 1.807) is 0 Å². The van der Waals surface area contributed by atoms with E-state index < -0.39 is 10.1 Å². The second-order valence-electron chi connectivity index (χ2n) is 3.04. The minimum absolute atomic E-state index is 0. The first-order valence-corrected chi connectivity index (χ1v) is 6.11. The Morgan fingerprint density at radius 1 is 1.20 bits per heavy atom. The number of esters is 1. The van der Waals surface area contributed by atoms with Crippen LogP contribution in [-0.2, 0) is 19.6 Å². The molecule has 0 fully saturated rings. The summed E-state index contributed by atoms with van der Waals surface area (Å²) < 4.78 is 33.7. The second-order valence-corrected chi connectivity index (χ2v) is 4.61. The third-order valence-corrected chi connectivity index (χ3v) is 2.41. The molecule has 0 saturated heterocycles. The molecule has 0 spiro atoms. The molecule has 0 rings (SSSR count). The van der Waals surface area contributed by atoms with Crippen molar-refractivity contribution < 1.29 is 22.5 Å². The van der Waals surface area contributed by atoms with Crippen LogP contribution in [0.3, 0.4) is 0 Å². The van der Waals surface area contributed by atoms with Gasteiger partial charge in [-0.2, -0.15) is 8.42 Å². The summed E-state index contributed by atoms with van der Waals surface area (Å²) in [6.07, 6.45) is 2.67. The van der Waals surface area contributed by atoms with E-state index in [0.717, 1.165) is 12.8 Å². The maximum Gasteiger partial charge on any atom is 0.302 e. The zero-order valence-electron chi connectivity index (χ0n) is 8.94. The fourth-order valence-electron chi connectivity index (χ4n) is 0.956. The predicted octanol–water partition coefficient (Wildman–Crippen LogP) is 0.617. The summed E-state index contributed by atoms with van der Waals surface area (Å²) in [6, 6.07) is 0. The van der Waals surface area contributed by atoms with Gasteiger partial charge >= 0.3 is 5.97 Å². The largest absolute Gasteiger partial charge is 0.466 e. The second kappa shape index (κ2) is 9.84. The van der Waals surface area contributed by atoms with Crippen molar-refractivity contribution in [1.29, 1.82) is 0 Å². The van der Waals surface area contributed by atoms with Crippen LogP contribution in [0, 0.1) is 0 Å². The smallest absolute Gasteiger partial charge is 0.302 e. The molecule has 1 N–H and O–H groups in total. The summed E-state index contributed by atoms with van der Waals surface area (Å²) >= 11 is 0. The maximum atomic E-state index is 10.3. The summed E-state index contributed by atoms with van der Waals surface area (Å²) in [5.74, 6) is -0.497. The fourth-order valence-corrected chi connectivity index (χ4v) is 1.52. The van der Waals surface area contributed by atoms with Gasteiger partial charge in [0.15, 0.2) is 0 Å². The van der Waals surface area contributed by atoms with E-state index in [4.69, 9.17) is 4.55 Å². The van der Waals surface area contributed by atoms with E-state index >= 15 is 0 Å². The molecule has 0 aromatic carbocycles. The van der Waals surface area contributed by atoms with Gasteiger partial charge in [-0.15, -0.1) is 0 Å². The molecule has 0 aromatic rings. The normalized spacial score (nSPS) is 10.5. The molecule has 2 radical (unpaired) electrons. The van der Waals surface area contributed by atoms with E-state index in [1.807, 2.05) is 0 Å². The molecule has 0 aromatic heterocycles. The number of ether oxygens (including phenoxy) is 1. The number of carbonyl (C=O) groups excluding carboxylic acids is 1. The minimum Gasteiger partial charge on any atom is -0.466 e. The van der Waals surface area contributed by atoms with Gasteiger partial charge < -0.3 is 4.74 Å². The molecule has 0 amide bonds. The van der Waals surface area contributed by atoms with Crippen molar-refractivity contribution in [2.75, 3.05) is 12.4 Å². The summed E-state index contributed by atoms with van der Waals surface area (Å²) in [5, 5.41) is 0. The summed E-state index contributed by atoms with van der Waals surface area (Å²) in [5.41, 5.74) is 0. The van der Waals surface area contributed by atoms with Crippen LogP contribution in [0.2, 0.25) is 0 Å². The Hall–Kier alpha value is 0.640. The van der Waals surface area contributed by atoms with E-state index in [9.17, 15) is 13.2 Å². The first-order valence-electron chi connectivity index (χ1n) is 4.50. The molecule has 0 aliphatic carbocycles. The van der Waals surface area contributed by atoms with Crippen LogP contribution in [0.1, 0.15) is 32.6 Å².